The third-order valence-electron chi connectivity index (χ3n) is 4.17. The van der Waals surface area contributed by atoms with E-state index in [0.717, 1.165) is 19.7 Å². The van der Waals surface area contributed by atoms with Crippen molar-refractivity contribution in [1.82, 2.24) is 15.3 Å². The van der Waals surface area contributed by atoms with Crippen molar-refractivity contribution in [2.75, 3.05) is 20.3 Å². The van der Waals surface area contributed by atoms with Gasteiger partial charge in [0, 0.05) is 38.0 Å². The summed E-state index contributed by atoms with van der Waals surface area (Å²) < 4.78 is 5.01. The summed E-state index contributed by atoms with van der Waals surface area (Å²) in [7, 11) is 1.72. The molecule has 4 heteroatoms. The largest absolute Gasteiger partial charge is 0.383 e. The summed E-state index contributed by atoms with van der Waals surface area (Å²) in [6, 6.07) is 0. The fraction of sp³-hybridized carbons (Fsp3) is 0.800. The van der Waals surface area contributed by atoms with Gasteiger partial charge in [0.2, 0.25) is 0 Å². The molecule has 108 valence electrons. The van der Waals surface area contributed by atoms with Gasteiger partial charge in [-0.15, -0.1) is 0 Å². The van der Waals surface area contributed by atoms with Crippen LogP contribution in [0.5, 0.6) is 0 Å². The molecule has 2 rings (SSSR count). The highest BCUT2D eigenvalue weighted by Gasteiger charge is 2.28. The first-order chi connectivity index (χ1) is 9.11. The molecule has 0 radical (unpaired) electrons. The number of nitrogens with one attached hydrogen (secondary N) is 2. The monoisotopic (exact) mass is 265 g/mol. The molecule has 2 N–H and O–H groups in total. The van der Waals surface area contributed by atoms with E-state index in [2.05, 4.69) is 29.1 Å². The molecule has 0 saturated heterocycles. The molecular formula is C15H27N3O. The van der Waals surface area contributed by atoms with Crippen molar-refractivity contribution >= 4 is 0 Å². The summed E-state index contributed by atoms with van der Waals surface area (Å²) in [6.45, 7) is 7.21. The minimum Gasteiger partial charge on any atom is -0.383 e. The Kier molecular flexibility index (Phi) is 4.99. The van der Waals surface area contributed by atoms with Gasteiger partial charge in [-0.05, 0) is 31.1 Å². The fourth-order valence-electron chi connectivity index (χ4n) is 2.74. The van der Waals surface area contributed by atoms with Crippen LogP contribution in [0.1, 0.15) is 57.0 Å². The van der Waals surface area contributed by atoms with E-state index in [1.807, 2.05) is 6.20 Å². The number of ether oxygens (including phenoxy) is 1. The number of H-pyrrole nitrogens is 1. The normalized spacial score (nSPS) is 19.7. The van der Waals surface area contributed by atoms with Gasteiger partial charge >= 0.3 is 0 Å². The predicted octanol–water partition coefficient (Wildman–Crippen LogP) is 2.83. The van der Waals surface area contributed by atoms with Crippen molar-refractivity contribution < 1.29 is 4.74 Å². The van der Waals surface area contributed by atoms with Crippen molar-refractivity contribution in [3.8, 4) is 0 Å². The van der Waals surface area contributed by atoms with E-state index in [0.29, 0.717) is 11.3 Å². The van der Waals surface area contributed by atoms with E-state index in [-0.39, 0.29) is 0 Å². The van der Waals surface area contributed by atoms with Gasteiger partial charge in [0.25, 0.3) is 0 Å². The highest BCUT2D eigenvalue weighted by atomic mass is 16.5. The van der Waals surface area contributed by atoms with Gasteiger partial charge in [-0.25, -0.2) is 4.98 Å². The third kappa shape index (κ3) is 4.32. The van der Waals surface area contributed by atoms with Crippen LogP contribution in [0, 0.1) is 5.41 Å². The lowest BCUT2D eigenvalue weighted by Gasteiger charge is -2.33. The minimum absolute atomic E-state index is 0.521. The van der Waals surface area contributed by atoms with Crippen LogP contribution in [0.3, 0.4) is 0 Å². The summed E-state index contributed by atoms with van der Waals surface area (Å²) in [5.41, 5.74) is 1.70. The second-order valence-electron chi connectivity index (χ2n) is 6.40. The number of hydrogen-bond acceptors (Lipinski definition) is 3. The summed E-state index contributed by atoms with van der Waals surface area (Å²) >= 11 is 0. The summed E-state index contributed by atoms with van der Waals surface area (Å²) in [5, 5.41) is 3.34. The van der Waals surface area contributed by atoms with E-state index in [1.165, 1.54) is 37.2 Å². The van der Waals surface area contributed by atoms with Crippen LogP contribution in [0.15, 0.2) is 6.20 Å². The molecule has 1 aliphatic rings. The lowest BCUT2D eigenvalue weighted by molar-refractivity contribution is 0.199. The highest BCUT2D eigenvalue weighted by molar-refractivity contribution is 5.07. The lowest BCUT2D eigenvalue weighted by atomic mass is 9.73. The first-order valence-electron chi connectivity index (χ1n) is 7.34. The maximum atomic E-state index is 5.01. The number of aromatic nitrogens is 2. The maximum Gasteiger partial charge on any atom is 0.109 e. The van der Waals surface area contributed by atoms with Crippen molar-refractivity contribution in [1.29, 1.82) is 0 Å². The van der Waals surface area contributed by atoms with Crippen LogP contribution in [0.2, 0.25) is 0 Å². The molecule has 1 saturated carbocycles. The Balaban J connectivity index is 1.80. The summed E-state index contributed by atoms with van der Waals surface area (Å²) in [6.07, 6.45) is 7.10. The number of rotatable bonds is 6. The molecule has 4 nitrogen and oxygen atoms in total. The number of hydrogen-bond donors (Lipinski definition) is 2. The standard InChI is InChI=1S/C15H27N3O/c1-15(2)6-4-12(5-7-15)14-17-11-13(18-14)10-16-8-9-19-3/h11-12,16H,4-10H2,1-3H3,(H,17,18). The SMILES string of the molecule is COCCNCc1cnc(C2CCC(C)(C)CC2)[nH]1. The zero-order chi connectivity index (χ0) is 13.7. The summed E-state index contributed by atoms with van der Waals surface area (Å²) in [5.74, 6) is 1.81. The van der Waals surface area contributed by atoms with Crippen LogP contribution in [-0.4, -0.2) is 30.2 Å². The molecule has 0 bridgehead atoms. The lowest BCUT2D eigenvalue weighted by Crippen LogP contribution is -2.21. The van der Waals surface area contributed by atoms with Crippen LogP contribution < -0.4 is 5.32 Å². The Hall–Kier alpha value is -0.870. The Bertz CT molecular complexity index is 376. The first-order valence-corrected chi connectivity index (χ1v) is 7.34. The Labute approximate surface area is 116 Å². The molecule has 0 aliphatic heterocycles. The minimum atomic E-state index is 0.521. The van der Waals surface area contributed by atoms with E-state index >= 15 is 0 Å². The van der Waals surface area contributed by atoms with Gasteiger partial charge in [-0.1, -0.05) is 13.8 Å². The number of methoxy groups -OCH3 is 1. The van der Waals surface area contributed by atoms with Crippen molar-refractivity contribution in [2.45, 2.75) is 52.0 Å². The Morgan fingerprint density at radius 2 is 2.16 bits per heavy atom. The van der Waals surface area contributed by atoms with Crippen LogP contribution in [0.25, 0.3) is 0 Å². The molecule has 1 heterocycles. The number of nitrogens with zero attached hydrogens (tertiary/aromatic N) is 1. The molecule has 0 spiro atoms. The summed E-state index contributed by atoms with van der Waals surface area (Å²) in [4.78, 5) is 8.03. The number of imidazole rings is 1. The molecule has 1 aromatic heterocycles. The van der Waals surface area contributed by atoms with E-state index < -0.39 is 0 Å². The second-order valence-corrected chi connectivity index (χ2v) is 6.40. The van der Waals surface area contributed by atoms with Gasteiger partial charge in [0.15, 0.2) is 0 Å². The van der Waals surface area contributed by atoms with E-state index in [1.54, 1.807) is 7.11 Å². The Morgan fingerprint density at radius 1 is 1.42 bits per heavy atom. The quantitative estimate of drug-likeness (QED) is 0.778. The Morgan fingerprint density at radius 3 is 2.84 bits per heavy atom. The van der Waals surface area contributed by atoms with Crippen LogP contribution in [0.4, 0.5) is 0 Å². The van der Waals surface area contributed by atoms with E-state index in [4.69, 9.17) is 4.74 Å². The molecular weight excluding hydrogens is 238 g/mol. The zero-order valence-electron chi connectivity index (χ0n) is 12.5. The van der Waals surface area contributed by atoms with Crippen molar-refractivity contribution in [3.05, 3.63) is 17.7 Å². The van der Waals surface area contributed by atoms with Crippen LogP contribution in [-0.2, 0) is 11.3 Å². The second kappa shape index (κ2) is 6.53. The molecule has 1 aliphatic carbocycles. The van der Waals surface area contributed by atoms with Gasteiger partial charge < -0.3 is 15.0 Å². The number of aromatic amines is 1. The van der Waals surface area contributed by atoms with Crippen molar-refractivity contribution in [2.24, 2.45) is 5.41 Å². The molecule has 19 heavy (non-hydrogen) atoms. The van der Waals surface area contributed by atoms with Crippen molar-refractivity contribution in [3.63, 3.8) is 0 Å². The van der Waals surface area contributed by atoms with Gasteiger partial charge in [-0.2, -0.15) is 0 Å². The van der Waals surface area contributed by atoms with Crippen LogP contribution >= 0.6 is 0 Å². The third-order valence-corrected chi connectivity index (χ3v) is 4.17. The molecule has 1 fully saturated rings. The molecule has 1 aromatic rings. The average molecular weight is 265 g/mol. The molecule has 0 aromatic carbocycles. The maximum absolute atomic E-state index is 5.01. The van der Waals surface area contributed by atoms with Gasteiger partial charge in [-0.3, -0.25) is 0 Å². The smallest absolute Gasteiger partial charge is 0.109 e. The van der Waals surface area contributed by atoms with Gasteiger partial charge in [0.1, 0.15) is 5.82 Å². The molecule has 0 atom stereocenters. The first kappa shape index (κ1) is 14.5. The topological polar surface area (TPSA) is 49.9 Å². The van der Waals surface area contributed by atoms with Gasteiger partial charge in [0.05, 0.1) is 6.61 Å². The predicted molar refractivity (Wildman–Crippen MR) is 77.2 cm³/mol. The molecule has 0 unspecified atom stereocenters. The highest BCUT2D eigenvalue weighted by Crippen LogP contribution is 2.41. The van der Waals surface area contributed by atoms with E-state index in [9.17, 15) is 0 Å². The molecule has 0 amide bonds. The zero-order valence-corrected chi connectivity index (χ0v) is 12.5. The average Bonchev–Trinajstić information content (AvgIpc) is 2.83. The fourth-order valence-corrected chi connectivity index (χ4v) is 2.74.